The van der Waals surface area contributed by atoms with Gasteiger partial charge in [-0.3, -0.25) is 43.2 Å². The van der Waals surface area contributed by atoms with Crippen LogP contribution in [0.1, 0.15) is 83.1 Å². The van der Waals surface area contributed by atoms with Crippen molar-refractivity contribution in [3.8, 4) is 0 Å². The number of rotatable bonds is 17. The Labute approximate surface area is 363 Å². The van der Waals surface area contributed by atoms with Gasteiger partial charge in [0, 0.05) is 68.2 Å². The minimum atomic E-state index is -1.91. The van der Waals surface area contributed by atoms with Gasteiger partial charge in [0.15, 0.2) is 43.1 Å². The summed E-state index contributed by atoms with van der Waals surface area (Å²) in [6.07, 6.45) is -21.3. The standard InChI is InChI=1S/C40H58O23/c1-16(2)30-17(3)31(53-21(7)44)32(27(59-30)13-50-18(4)41)62-39-38(58-26(12)49)36(56-24(10)47)34(29(61-39)15-52-20(6)43)63-40-37(57-25(11)48)35(55-23(9)46)33(54-22(8)45)28(60-40)14-51-19(5)42/h16-17,27-40H,13-15H2,1-12H3/t17?,27?,28?,29?,30-,31+,32+,33-,34-,35-,36-,37?,38?,39-,40+/m0/s1. The molecule has 0 radical (unpaired) electrons. The summed E-state index contributed by atoms with van der Waals surface area (Å²) in [4.78, 5) is 112. The maximum atomic E-state index is 12.9. The van der Waals surface area contributed by atoms with Crippen molar-refractivity contribution in [2.75, 3.05) is 19.8 Å². The molecule has 0 aliphatic carbocycles. The molecule has 23 nitrogen and oxygen atoms in total. The monoisotopic (exact) mass is 906 g/mol. The number of hydrogen-bond donors (Lipinski definition) is 0. The van der Waals surface area contributed by atoms with E-state index in [1.54, 1.807) is 6.92 Å². The summed E-state index contributed by atoms with van der Waals surface area (Å²) in [5.41, 5.74) is 0. The minimum absolute atomic E-state index is 0.144. The highest BCUT2D eigenvalue weighted by atomic mass is 16.8. The lowest BCUT2D eigenvalue weighted by molar-refractivity contribution is -0.373. The Morgan fingerprint density at radius 1 is 0.381 bits per heavy atom. The fourth-order valence-electron chi connectivity index (χ4n) is 7.47. The molecular weight excluding hydrogens is 848 g/mol. The Morgan fingerprint density at radius 2 is 0.667 bits per heavy atom. The van der Waals surface area contributed by atoms with E-state index >= 15 is 0 Å². The third-order valence-electron chi connectivity index (χ3n) is 9.65. The van der Waals surface area contributed by atoms with Crippen molar-refractivity contribution >= 4 is 53.7 Å². The van der Waals surface area contributed by atoms with Crippen LogP contribution in [0.25, 0.3) is 0 Å². The smallest absolute Gasteiger partial charge is 0.303 e. The number of esters is 9. The lowest BCUT2D eigenvalue weighted by atomic mass is 9.83. The molecular formula is C40H58O23. The lowest BCUT2D eigenvalue weighted by Gasteiger charge is -2.51. The van der Waals surface area contributed by atoms with Crippen molar-refractivity contribution in [1.29, 1.82) is 0 Å². The van der Waals surface area contributed by atoms with Gasteiger partial charge in [-0.25, -0.2) is 0 Å². The van der Waals surface area contributed by atoms with Gasteiger partial charge in [-0.15, -0.1) is 0 Å². The molecule has 0 aromatic heterocycles. The van der Waals surface area contributed by atoms with Gasteiger partial charge in [0.2, 0.25) is 0 Å². The lowest BCUT2D eigenvalue weighted by Crippen LogP contribution is -2.68. The average molecular weight is 907 g/mol. The third-order valence-corrected chi connectivity index (χ3v) is 9.65. The van der Waals surface area contributed by atoms with Gasteiger partial charge in [0.25, 0.3) is 0 Å². The number of carbonyl (C=O) groups is 9. The van der Waals surface area contributed by atoms with E-state index in [1.165, 1.54) is 13.8 Å². The maximum absolute atomic E-state index is 12.9. The minimum Gasteiger partial charge on any atom is -0.463 e. The van der Waals surface area contributed by atoms with Crippen LogP contribution in [-0.4, -0.2) is 159 Å². The van der Waals surface area contributed by atoms with Crippen LogP contribution in [0, 0.1) is 11.8 Å². The SMILES string of the molecule is CC(=O)OCC1O[C@@H](C(C)C)C(C)[C@@H](OC(C)=O)[C@@H]1O[C@@H]1OC(COC(C)=O)[C@H](O[C@H]2OC(COC(C)=O)[C@H](OC(C)=O)[C@H](OC(C)=O)C2OC(C)=O)[C@H](OC(C)=O)C1OC(C)=O. The normalized spacial score (nSPS) is 32.8. The molecule has 0 saturated carbocycles. The van der Waals surface area contributed by atoms with E-state index in [4.69, 9.17) is 66.3 Å². The fourth-order valence-corrected chi connectivity index (χ4v) is 7.47. The molecule has 6 unspecified atom stereocenters. The Hall–Kier alpha value is -4.97. The topological polar surface area (TPSA) is 283 Å². The second kappa shape index (κ2) is 23.6. The zero-order chi connectivity index (χ0) is 47.5. The molecule has 0 N–H and O–H groups in total. The van der Waals surface area contributed by atoms with Crippen molar-refractivity contribution in [2.45, 2.75) is 169 Å². The van der Waals surface area contributed by atoms with Crippen LogP contribution in [0.3, 0.4) is 0 Å². The molecule has 3 rings (SSSR count). The molecule has 63 heavy (non-hydrogen) atoms. The molecule has 23 heteroatoms. The number of hydrogen-bond acceptors (Lipinski definition) is 23. The molecule has 3 fully saturated rings. The molecule has 0 aromatic rings. The van der Waals surface area contributed by atoms with Crippen LogP contribution in [0.5, 0.6) is 0 Å². The zero-order valence-corrected chi connectivity index (χ0v) is 37.2. The Bertz CT molecular complexity index is 1660. The third kappa shape index (κ3) is 15.4. The maximum Gasteiger partial charge on any atom is 0.303 e. The van der Waals surface area contributed by atoms with Crippen molar-refractivity contribution in [3.63, 3.8) is 0 Å². The second-order valence-corrected chi connectivity index (χ2v) is 15.4. The molecule has 356 valence electrons. The molecule has 15 atom stereocenters. The summed E-state index contributed by atoms with van der Waals surface area (Å²) in [6.45, 7) is 13.3. The summed E-state index contributed by atoms with van der Waals surface area (Å²) in [5, 5.41) is 0. The van der Waals surface area contributed by atoms with Crippen LogP contribution < -0.4 is 0 Å². The first-order valence-electron chi connectivity index (χ1n) is 20.1. The van der Waals surface area contributed by atoms with Crippen LogP contribution >= 0.6 is 0 Å². The van der Waals surface area contributed by atoms with Crippen molar-refractivity contribution in [1.82, 2.24) is 0 Å². The van der Waals surface area contributed by atoms with Gasteiger partial charge in [0.05, 0.1) is 6.10 Å². The first-order valence-corrected chi connectivity index (χ1v) is 20.1. The highest BCUT2D eigenvalue weighted by Crippen LogP contribution is 2.39. The van der Waals surface area contributed by atoms with Gasteiger partial charge in [-0.1, -0.05) is 20.8 Å². The summed E-state index contributed by atoms with van der Waals surface area (Å²) in [5.74, 6) is -8.45. The van der Waals surface area contributed by atoms with E-state index in [9.17, 15) is 43.2 Å². The van der Waals surface area contributed by atoms with Crippen LogP contribution in [0.15, 0.2) is 0 Å². The van der Waals surface area contributed by atoms with Gasteiger partial charge in [-0.05, 0) is 5.92 Å². The van der Waals surface area contributed by atoms with Gasteiger partial charge < -0.3 is 66.3 Å². The zero-order valence-electron chi connectivity index (χ0n) is 37.2. The number of carbonyl (C=O) groups excluding carboxylic acids is 9. The predicted octanol–water partition coefficient (Wildman–Crippen LogP) is 0.546. The Morgan fingerprint density at radius 3 is 1.02 bits per heavy atom. The van der Waals surface area contributed by atoms with E-state index in [0.717, 1.165) is 48.5 Å². The van der Waals surface area contributed by atoms with Crippen molar-refractivity contribution < 1.29 is 109 Å². The quantitative estimate of drug-likeness (QED) is 0.142. The van der Waals surface area contributed by atoms with Crippen LogP contribution in [0.4, 0.5) is 0 Å². The highest BCUT2D eigenvalue weighted by molar-refractivity contribution is 5.70. The molecule has 3 aliphatic heterocycles. The number of ether oxygens (including phenoxy) is 14. The molecule has 3 aliphatic rings. The van der Waals surface area contributed by atoms with Gasteiger partial charge >= 0.3 is 53.7 Å². The largest absolute Gasteiger partial charge is 0.463 e. The first-order chi connectivity index (χ1) is 29.4. The van der Waals surface area contributed by atoms with Gasteiger partial charge in [0.1, 0.15) is 56.4 Å². The van der Waals surface area contributed by atoms with Gasteiger partial charge in [-0.2, -0.15) is 0 Å². The summed E-state index contributed by atoms with van der Waals surface area (Å²) in [6, 6.07) is 0. The summed E-state index contributed by atoms with van der Waals surface area (Å²) < 4.78 is 81.3. The molecule has 3 heterocycles. The second-order valence-electron chi connectivity index (χ2n) is 15.4. The van der Waals surface area contributed by atoms with E-state index in [2.05, 4.69) is 0 Å². The molecule has 3 saturated heterocycles. The average Bonchev–Trinajstić information content (AvgIpc) is 3.14. The first kappa shape index (κ1) is 52.4. The van der Waals surface area contributed by atoms with E-state index in [1.807, 2.05) is 13.8 Å². The Kier molecular flexibility index (Phi) is 19.7. The van der Waals surface area contributed by atoms with Crippen LogP contribution in [-0.2, 0) is 109 Å². The highest BCUT2D eigenvalue weighted by Gasteiger charge is 2.59. The van der Waals surface area contributed by atoms with Crippen molar-refractivity contribution in [3.05, 3.63) is 0 Å². The van der Waals surface area contributed by atoms with E-state index in [-0.39, 0.29) is 5.92 Å². The van der Waals surface area contributed by atoms with E-state index in [0.29, 0.717) is 0 Å². The molecule has 0 aromatic carbocycles. The fraction of sp³-hybridized carbons (Fsp3) is 0.775. The molecule has 0 amide bonds. The predicted molar refractivity (Wildman–Crippen MR) is 203 cm³/mol. The summed E-state index contributed by atoms with van der Waals surface area (Å²) >= 11 is 0. The van der Waals surface area contributed by atoms with Crippen molar-refractivity contribution in [2.24, 2.45) is 11.8 Å². The van der Waals surface area contributed by atoms with Crippen LogP contribution in [0.2, 0.25) is 0 Å². The summed E-state index contributed by atoms with van der Waals surface area (Å²) in [7, 11) is 0. The van der Waals surface area contributed by atoms with E-state index < -0.39 is 165 Å². The molecule has 0 bridgehead atoms. The molecule has 0 spiro atoms. The Balaban J connectivity index is 2.26.